The number of rotatable bonds is 2. The van der Waals surface area contributed by atoms with Gasteiger partial charge in [0.1, 0.15) is 0 Å². The number of nitriles is 1. The molecule has 0 unspecified atom stereocenters. The molecule has 4 nitrogen and oxygen atoms in total. The molecule has 1 aromatic heterocycles. The minimum atomic E-state index is -0.398. The van der Waals surface area contributed by atoms with E-state index in [4.69, 9.17) is 9.31 Å². The largest absolute Gasteiger partial charge is 0.494 e. The molecule has 32 heavy (non-hydrogen) atoms. The highest BCUT2D eigenvalue weighted by Crippen LogP contribution is 2.38. The fourth-order valence-corrected chi connectivity index (χ4v) is 4.73. The Kier molecular flexibility index (Phi) is 4.53. The van der Waals surface area contributed by atoms with Crippen molar-refractivity contribution in [2.24, 2.45) is 0 Å². The highest BCUT2D eigenvalue weighted by molar-refractivity contribution is 6.62. The standard InChI is InChI=1S/C27H27BN2O2/c1-17-13-19(16-29)14-18(2)25(17)30-23-10-8-7-9-21(23)22-15-20(11-12-24(22)30)28-31-26(3,4)27(5,6)32-28/h7-15H,1-6H3. The molecule has 5 rings (SSSR count). The second-order valence-corrected chi connectivity index (χ2v) is 9.79. The Morgan fingerprint density at radius 1 is 0.812 bits per heavy atom. The molecule has 0 radical (unpaired) electrons. The molecule has 1 fully saturated rings. The molecule has 0 spiro atoms. The van der Waals surface area contributed by atoms with Crippen LogP contribution in [-0.2, 0) is 9.31 Å². The smallest absolute Gasteiger partial charge is 0.399 e. The highest BCUT2D eigenvalue weighted by Gasteiger charge is 2.51. The maximum atomic E-state index is 9.38. The van der Waals surface area contributed by atoms with E-state index in [1.807, 2.05) is 12.1 Å². The van der Waals surface area contributed by atoms with Crippen LogP contribution in [0.3, 0.4) is 0 Å². The van der Waals surface area contributed by atoms with Gasteiger partial charge in [-0.1, -0.05) is 30.3 Å². The second-order valence-electron chi connectivity index (χ2n) is 9.79. The van der Waals surface area contributed by atoms with Gasteiger partial charge in [-0.05, 0) is 82.4 Å². The molecule has 2 heterocycles. The van der Waals surface area contributed by atoms with Crippen molar-refractivity contribution < 1.29 is 9.31 Å². The fraction of sp³-hybridized carbons (Fsp3) is 0.296. The number of hydrogen-bond donors (Lipinski definition) is 0. The maximum Gasteiger partial charge on any atom is 0.494 e. The van der Waals surface area contributed by atoms with Crippen molar-refractivity contribution in [1.29, 1.82) is 5.26 Å². The van der Waals surface area contributed by atoms with E-state index in [1.165, 1.54) is 5.39 Å². The van der Waals surface area contributed by atoms with E-state index in [9.17, 15) is 5.26 Å². The van der Waals surface area contributed by atoms with Crippen LogP contribution in [0.5, 0.6) is 0 Å². The van der Waals surface area contributed by atoms with Gasteiger partial charge in [-0.15, -0.1) is 0 Å². The van der Waals surface area contributed by atoms with E-state index in [1.54, 1.807) is 0 Å². The molecule has 1 saturated heterocycles. The minimum absolute atomic E-state index is 0.378. The molecule has 4 aromatic rings. The molecule has 1 aliphatic rings. The second kappa shape index (κ2) is 6.97. The van der Waals surface area contributed by atoms with E-state index < -0.39 is 7.12 Å². The minimum Gasteiger partial charge on any atom is -0.399 e. The maximum absolute atomic E-state index is 9.38. The lowest BCUT2D eigenvalue weighted by Crippen LogP contribution is -2.41. The molecular formula is C27H27BN2O2. The molecule has 160 valence electrons. The van der Waals surface area contributed by atoms with Gasteiger partial charge < -0.3 is 13.9 Å². The summed E-state index contributed by atoms with van der Waals surface area (Å²) in [5.41, 5.74) is 6.51. The molecule has 5 heteroatoms. The van der Waals surface area contributed by atoms with Gasteiger partial charge in [0.05, 0.1) is 39.6 Å². The van der Waals surface area contributed by atoms with Crippen LogP contribution in [0.15, 0.2) is 54.6 Å². The molecule has 0 N–H and O–H groups in total. The zero-order chi connectivity index (χ0) is 22.8. The first kappa shape index (κ1) is 20.8. The van der Waals surface area contributed by atoms with Crippen LogP contribution in [0.25, 0.3) is 27.5 Å². The summed E-state index contributed by atoms with van der Waals surface area (Å²) in [4.78, 5) is 0. The average Bonchev–Trinajstić information content (AvgIpc) is 3.17. The predicted molar refractivity (Wildman–Crippen MR) is 131 cm³/mol. The van der Waals surface area contributed by atoms with Crippen molar-refractivity contribution in [3.63, 3.8) is 0 Å². The number of para-hydroxylation sites is 1. The topological polar surface area (TPSA) is 47.2 Å². The zero-order valence-electron chi connectivity index (χ0n) is 19.5. The number of nitrogens with zero attached hydrogens (tertiary/aromatic N) is 2. The quantitative estimate of drug-likeness (QED) is 0.397. The summed E-state index contributed by atoms with van der Waals surface area (Å²) in [6.07, 6.45) is 0. The first-order chi connectivity index (χ1) is 15.1. The molecule has 3 aromatic carbocycles. The molecule has 0 bridgehead atoms. The third kappa shape index (κ3) is 2.98. The van der Waals surface area contributed by atoms with Gasteiger partial charge in [0.2, 0.25) is 0 Å². The van der Waals surface area contributed by atoms with E-state index >= 15 is 0 Å². The SMILES string of the molecule is Cc1cc(C#N)cc(C)c1-n1c2ccccc2c2cc(B3OC(C)(C)C(C)(C)O3)ccc21. The Hall–Kier alpha value is -3.07. The number of benzene rings is 3. The normalized spacial score (nSPS) is 17.2. The number of fused-ring (bicyclic) bond motifs is 3. The predicted octanol–water partition coefficient (Wildman–Crippen LogP) is 5.57. The summed E-state index contributed by atoms with van der Waals surface area (Å²) in [5, 5.41) is 11.7. The van der Waals surface area contributed by atoms with Gasteiger partial charge in [0, 0.05) is 10.8 Å². The van der Waals surface area contributed by atoms with Gasteiger partial charge in [-0.3, -0.25) is 0 Å². The zero-order valence-corrected chi connectivity index (χ0v) is 19.5. The molecule has 0 atom stereocenters. The number of aryl methyl sites for hydroxylation is 2. The Morgan fingerprint density at radius 3 is 2.03 bits per heavy atom. The van der Waals surface area contributed by atoms with Gasteiger partial charge in [0.25, 0.3) is 0 Å². The third-order valence-electron chi connectivity index (χ3n) is 7.07. The summed E-state index contributed by atoms with van der Waals surface area (Å²) < 4.78 is 14.9. The Morgan fingerprint density at radius 2 is 1.41 bits per heavy atom. The van der Waals surface area contributed by atoms with Crippen LogP contribution in [0.1, 0.15) is 44.4 Å². The lowest BCUT2D eigenvalue weighted by atomic mass is 9.78. The van der Waals surface area contributed by atoms with Crippen molar-refractivity contribution in [3.8, 4) is 11.8 Å². The van der Waals surface area contributed by atoms with Crippen LogP contribution in [0, 0.1) is 25.2 Å². The van der Waals surface area contributed by atoms with Gasteiger partial charge in [-0.25, -0.2) is 0 Å². The Bertz CT molecular complexity index is 1390. The first-order valence-corrected chi connectivity index (χ1v) is 11.0. The van der Waals surface area contributed by atoms with Gasteiger partial charge >= 0.3 is 7.12 Å². The van der Waals surface area contributed by atoms with Crippen molar-refractivity contribution in [2.45, 2.75) is 52.7 Å². The monoisotopic (exact) mass is 422 g/mol. The Balaban J connectivity index is 1.74. The Labute approximate surface area is 189 Å². The fourth-order valence-electron chi connectivity index (χ4n) is 4.73. The van der Waals surface area contributed by atoms with Crippen molar-refractivity contribution >= 4 is 34.4 Å². The van der Waals surface area contributed by atoms with Crippen LogP contribution in [0.2, 0.25) is 0 Å². The molecule has 0 aliphatic carbocycles. The summed E-state index contributed by atoms with van der Waals surface area (Å²) in [6.45, 7) is 12.5. The summed E-state index contributed by atoms with van der Waals surface area (Å²) in [6, 6.07) is 21.1. The summed E-state index contributed by atoms with van der Waals surface area (Å²) in [5.74, 6) is 0. The highest BCUT2D eigenvalue weighted by atomic mass is 16.7. The summed E-state index contributed by atoms with van der Waals surface area (Å²) in [7, 11) is -0.398. The lowest BCUT2D eigenvalue weighted by molar-refractivity contribution is 0.00578. The van der Waals surface area contributed by atoms with Gasteiger partial charge in [0.15, 0.2) is 0 Å². The van der Waals surface area contributed by atoms with E-state index in [2.05, 4.69) is 94.6 Å². The third-order valence-corrected chi connectivity index (χ3v) is 7.07. The average molecular weight is 422 g/mol. The van der Waals surface area contributed by atoms with E-state index in [0.29, 0.717) is 5.56 Å². The molecule has 1 aliphatic heterocycles. The summed E-state index contributed by atoms with van der Waals surface area (Å²) >= 11 is 0. The first-order valence-electron chi connectivity index (χ1n) is 11.0. The van der Waals surface area contributed by atoms with Gasteiger partial charge in [-0.2, -0.15) is 5.26 Å². The van der Waals surface area contributed by atoms with Crippen molar-refractivity contribution in [1.82, 2.24) is 4.57 Å². The number of aromatic nitrogens is 1. The van der Waals surface area contributed by atoms with Crippen LogP contribution < -0.4 is 5.46 Å². The van der Waals surface area contributed by atoms with Crippen LogP contribution >= 0.6 is 0 Å². The lowest BCUT2D eigenvalue weighted by Gasteiger charge is -2.32. The molecule has 0 saturated carbocycles. The van der Waals surface area contributed by atoms with Crippen molar-refractivity contribution in [2.75, 3.05) is 0 Å². The molecule has 0 amide bonds. The van der Waals surface area contributed by atoms with Crippen LogP contribution in [-0.4, -0.2) is 22.9 Å². The van der Waals surface area contributed by atoms with E-state index in [-0.39, 0.29) is 11.2 Å². The molecular weight excluding hydrogens is 395 g/mol. The number of hydrogen-bond acceptors (Lipinski definition) is 3. The van der Waals surface area contributed by atoms with Crippen molar-refractivity contribution in [3.05, 3.63) is 71.3 Å². The van der Waals surface area contributed by atoms with E-state index in [0.717, 1.165) is 38.7 Å². The van der Waals surface area contributed by atoms with Crippen LogP contribution in [0.4, 0.5) is 0 Å².